The first kappa shape index (κ1) is 17.0. The molecule has 3 rings (SSSR count). The Bertz CT molecular complexity index is 594. The van der Waals surface area contributed by atoms with Gasteiger partial charge in [-0.05, 0) is 56.3 Å². The number of nitrogens with zero attached hydrogens (tertiary/aromatic N) is 1. The Balaban J connectivity index is 1.45. The number of nitrogens with two attached hydrogens (primary N) is 1. The molecule has 1 heterocycles. The normalized spacial score (nSPS) is 21.9. The van der Waals surface area contributed by atoms with E-state index in [1.165, 1.54) is 11.1 Å². The highest BCUT2D eigenvalue weighted by Gasteiger charge is 2.24. The molecule has 1 saturated heterocycles. The largest absolute Gasteiger partial charge is 0.369 e. The van der Waals surface area contributed by atoms with E-state index in [-0.39, 0.29) is 23.8 Å². The highest BCUT2D eigenvalue weighted by Crippen LogP contribution is 2.29. The zero-order valence-corrected chi connectivity index (χ0v) is 14.2. The molecule has 1 aliphatic heterocycles. The van der Waals surface area contributed by atoms with Gasteiger partial charge in [0.25, 0.3) is 0 Å². The summed E-state index contributed by atoms with van der Waals surface area (Å²) >= 11 is 0. The molecule has 0 radical (unpaired) electrons. The lowest BCUT2D eigenvalue weighted by Gasteiger charge is -2.30. The van der Waals surface area contributed by atoms with E-state index in [1.54, 1.807) is 0 Å². The van der Waals surface area contributed by atoms with E-state index < -0.39 is 0 Å². The van der Waals surface area contributed by atoms with Crippen LogP contribution in [0.1, 0.15) is 49.3 Å². The van der Waals surface area contributed by atoms with Crippen LogP contribution in [0.25, 0.3) is 0 Å². The van der Waals surface area contributed by atoms with Gasteiger partial charge in [-0.2, -0.15) is 0 Å². The quantitative estimate of drug-likeness (QED) is 0.864. The Morgan fingerprint density at radius 1 is 1.17 bits per heavy atom. The van der Waals surface area contributed by atoms with Crippen LogP contribution in [-0.2, 0) is 16.0 Å². The van der Waals surface area contributed by atoms with E-state index in [4.69, 9.17) is 5.73 Å². The third-order valence-corrected chi connectivity index (χ3v) is 5.35. The molecule has 1 aliphatic carbocycles. The number of primary amides is 1. The zero-order valence-electron chi connectivity index (χ0n) is 14.2. The van der Waals surface area contributed by atoms with Gasteiger partial charge in [-0.25, -0.2) is 0 Å². The van der Waals surface area contributed by atoms with Crippen LogP contribution in [-0.4, -0.2) is 36.3 Å². The summed E-state index contributed by atoms with van der Waals surface area (Å²) in [5.41, 5.74) is 8.00. The van der Waals surface area contributed by atoms with Crippen molar-refractivity contribution >= 4 is 11.8 Å². The molecule has 5 nitrogen and oxygen atoms in total. The third kappa shape index (κ3) is 4.15. The maximum Gasteiger partial charge on any atom is 0.221 e. The van der Waals surface area contributed by atoms with Gasteiger partial charge < -0.3 is 16.0 Å². The van der Waals surface area contributed by atoms with Gasteiger partial charge >= 0.3 is 0 Å². The van der Waals surface area contributed by atoms with E-state index in [9.17, 15) is 9.59 Å². The van der Waals surface area contributed by atoms with Crippen LogP contribution in [0.4, 0.5) is 0 Å². The molecule has 0 spiro atoms. The summed E-state index contributed by atoms with van der Waals surface area (Å²) in [4.78, 5) is 25.8. The topological polar surface area (TPSA) is 75.4 Å². The molecule has 3 N–H and O–H groups in total. The second-order valence-corrected chi connectivity index (χ2v) is 6.98. The number of carbonyl (C=O) groups excluding carboxylic acids is 2. The van der Waals surface area contributed by atoms with Crippen molar-refractivity contribution in [2.24, 2.45) is 11.7 Å². The number of carbonyl (C=O) groups is 2. The molecular formula is C19H27N3O2. The van der Waals surface area contributed by atoms with Crippen molar-refractivity contribution in [3.05, 3.63) is 35.4 Å². The van der Waals surface area contributed by atoms with E-state index in [0.717, 1.165) is 51.7 Å². The van der Waals surface area contributed by atoms with Gasteiger partial charge in [-0.3, -0.25) is 9.59 Å². The number of hydrogen-bond donors (Lipinski definition) is 2. The van der Waals surface area contributed by atoms with Crippen LogP contribution in [0.2, 0.25) is 0 Å². The standard InChI is InChI=1S/C19H27N3O2/c20-19(24)15-8-11-22(12-9-15)13-10-18(23)21-17-7-3-5-14-4-1-2-6-16(14)17/h1-2,4,6,15,17H,3,5,7-13H2,(H2,20,24)(H,21,23)/t17-/m1/s1. The monoisotopic (exact) mass is 329 g/mol. The number of benzene rings is 1. The second kappa shape index (κ2) is 7.79. The van der Waals surface area contributed by atoms with E-state index >= 15 is 0 Å². The summed E-state index contributed by atoms with van der Waals surface area (Å²) in [6.07, 6.45) is 5.40. The fraction of sp³-hybridized carbons (Fsp3) is 0.579. The molecule has 1 fully saturated rings. The van der Waals surface area contributed by atoms with Crippen molar-refractivity contribution in [3.8, 4) is 0 Å². The summed E-state index contributed by atoms with van der Waals surface area (Å²) in [6.45, 7) is 2.46. The van der Waals surface area contributed by atoms with Gasteiger partial charge in [-0.15, -0.1) is 0 Å². The fourth-order valence-corrected chi connectivity index (χ4v) is 3.87. The van der Waals surface area contributed by atoms with Crippen molar-refractivity contribution in [3.63, 3.8) is 0 Å². The summed E-state index contributed by atoms with van der Waals surface area (Å²) in [5.74, 6) is -0.0640. The minimum absolute atomic E-state index is 0.00816. The number of aryl methyl sites for hydroxylation is 1. The average Bonchev–Trinajstić information content (AvgIpc) is 2.61. The Labute approximate surface area is 143 Å². The van der Waals surface area contributed by atoms with Crippen molar-refractivity contribution in [2.45, 2.75) is 44.6 Å². The van der Waals surface area contributed by atoms with Gasteiger partial charge in [0, 0.05) is 18.9 Å². The van der Waals surface area contributed by atoms with E-state index in [0.29, 0.717) is 6.42 Å². The summed E-state index contributed by atoms with van der Waals surface area (Å²) in [7, 11) is 0. The first-order valence-electron chi connectivity index (χ1n) is 9.02. The van der Waals surface area contributed by atoms with Crippen molar-refractivity contribution in [2.75, 3.05) is 19.6 Å². The Morgan fingerprint density at radius 3 is 2.67 bits per heavy atom. The molecule has 0 aromatic heterocycles. The number of rotatable bonds is 5. The van der Waals surface area contributed by atoms with Gasteiger partial charge in [0.1, 0.15) is 0 Å². The van der Waals surface area contributed by atoms with Crippen molar-refractivity contribution < 1.29 is 9.59 Å². The van der Waals surface area contributed by atoms with Gasteiger partial charge in [0.2, 0.25) is 11.8 Å². The van der Waals surface area contributed by atoms with Crippen molar-refractivity contribution in [1.29, 1.82) is 0 Å². The van der Waals surface area contributed by atoms with Crippen molar-refractivity contribution in [1.82, 2.24) is 10.2 Å². The van der Waals surface area contributed by atoms with E-state index in [1.807, 2.05) is 6.07 Å². The maximum atomic E-state index is 12.3. The molecule has 1 aromatic rings. The summed E-state index contributed by atoms with van der Waals surface area (Å²) in [5, 5.41) is 3.20. The number of fused-ring (bicyclic) bond motifs is 1. The number of likely N-dealkylation sites (tertiary alicyclic amines) is 1. The molecule has 1 aromatic carbocycles. The molecule has 2 amide bonds. The molecule has 0 bridgehead atoms. The lowest BCUT2D eigenvalue weighted by molar-refractivity contribution is -0.124. The fourth-order valence-electron chi connectivity index (χ4n) is 3.87. The maximum absolute atomic E-state index is 12.3. The molecule has 130 valence electrons. The highest BCUT2D eigenvalue weighted by molar-refractivity contribution is 5.77. The lowest BCUT2D eigenvalue weighted by atomic mass is 9.87. The van der Waals surface area contributed by atoms with Crippen LogP contribution in [0, 0.1) is 5.92 Å². The smallest absolute Gasteiger partial charge is 0.221 e. The number of piperidine rings is 1. The van der Waals surface area contributed by atoms with E-state index in [2.05, 4.69) is 28.4 Å². The zero-order chi connectivity index (χ0) is 16.9. The summed E-state index contributed by atoms with van der Waals surface area (Å²) < 4.78 is 0. The minimum Gasteiger partial charge on any atom is -0.369 e. The number of nitrogens with one attached hydrogen (secondary N) is 1. The molecule has 2 aliphatic rings. The van der Waals surface area contributed by atoms with Crippen LogP contribution >= 0.6 is 0 Å². The molecule has 5 heteroatoms. The Morgan fingerprint density at radius 2 is 1.92 bits per heavy atom. The molecule has 24 heavy (non-hydrogen) atoms. The average molecular weight is 329 g/mol. The van der Waals surface area contributed by atoms with Gasteiger partial charge in [-0.1, -0.05) is 24.3 Å². The van der Waals surface area contributed by atoms with Crippen LogP contribution in [0.15, 0.2) is 24.3 Å². The molecule has 0 unspecified atom stereocenters. The third-order valence-electron chi connectivity index (χ3n) is 5.35. The minimum atomic E-state index is -0.191. The first-order valence-corrected chi connectivity index (χ1v) is 9.02. The first-order chi connectivity index (χ1) is 11.6. The second-order valence-electron chi connectivity index (χ2n) is 6.98. The number of hydrogen-bond acceptors (Lipinski definition) is 3. The predicted octanol–water partition coefficient (Wildman–Crippen LogP) is 1.77. The van der Waals surface area contributed by atoms with Crippen LogP contribution in [0.3, 0.4) is 0 Å². The Kier molecular flexibility index (Phi) is 5.51. The molecule has 1 atom stereocenters. The van der Waals surface area contributed by atoms with Gasteiger partial charge in [0.05, 0.1) is 6.04 Å². The number of amides is 2. The Hall–Kier alpha value is -1.88. The predicted molar refractivity (Wildman–Crippen MR) is 93.2 cm³/mol. The lowest BCUT2D eigenvalue weighted by Crippen LogP contribution is -2.40. The van der Waals surface area contributed by atoms with Gasteiger partial charge in [0.15, 0.2) is 0 Å². The molecular weight excluding hydrogens is 302 g/mol. The molecule has 0 saturated carbocycles. The van der Waals surface area contributed by atoms with Crippen LogP contribution < -0.4 is 11.1 Å². The highest BCUT2D eigenvalue weighted by atomic mass is 16.2. The summed E-state index contributed by atoms with van der Waals surface area (Å²) in [6, 6.07) is 8.57. The van der Waals surface area contributed by atoms with Crippen LogP contribution in [0.5, 0.6) is 0 Å². The SMILES string of the molecule is NC(=O)C1CCN(CCC(=O)N[C@@H]2CCCc3ccccc32)CC1.